The van der Waals surface area contributed by atoms with Crippen molar-refractivity contribution >= 4 is 17.8 Å². The van der Waals surface area contributed by atoms with E-state index in [0.29, 0.717) is 17.0 Å². The lowest BCUT2D eigenvalue weighted by Crippen LogP contribution is -2.39. The van der Waals surface area contributed by atoms with Gasteiger partial charge in [0.15, 0.2) is 0 Å². The number of carbonyl (C=O) groups is 3. The maximum atomic E-state index is 12.4. The van der Waals surface area contributed by atoms with Gasteiger partial charge in [0.25, 0.3) is 0 Å². The molecule has 1 aliphatic carbocycles. The molecule has 1 saturated carbocycles. The van der Waals surface area contributed by atoms with Crippen LogP contribution in [0.15, 0.2) is 4.52 Å². The predicted octanol–water partition coefficient (Wildman–Crippen LogP) is 1.52. The van der Waals surface area contributed by atoms with Crippen LogP contribution in [-0.2, 0) is 16.1 Å². The SMILES string of the molecule is Cc1noc(C)c1CN1C(=O)C(=O)N(C2CCCC2)C1=O. The normalized spacial score (nSPS) is 20.2. The Morgan fingerprint density at radius 2 is 1.81 bits per heavy atom. The molecule has 0 atom stereocenters. The second-order valence-corrected chi connectivity index (χ2v) is 5.59. The van der Waals surface area contributed by atoms with E-state index in [1.807, 2.05) is 0 Å². The highest BCUT2D eigenvalue weighted by atomic mass is 16.5. The first kappa shape index (κ1) is 13.8. The van der Waals surface area contributed by atoms with E-state index in [4.69, 9.17) is 4.52 Å². The van der Waals surface area contributed by atoms with E-state index in [1.165, 1.54) is 0 Å². The number of hydrogen-bond acceptors (Lipinski definition) is 5. The zero-order valence-corrected chi connectivity index (χ0v) is 12.1. The van der Waals surface area contributed by atoms with Crippen LogP contribution in [0.4, 0.5) is 4.79 Å². The molecule has 2 aliphatic rings. The van der Waals surface area contributed by atoms with Gasteiger partial charge < -0.3 is 4.52 Å². The molecule has 7 nitrogen and oxygen atoms in total. The number of carbonyl (C=O) groups excluding carboxylic acids is 3. The van der Waals surface area contributed by atoms with E-state index in [-0.39, 0.29) is 12.6 Å². The van der Waals surface area contributed by atoms with E-state index >= 15 is 0 Å². The molecule has 1 saturated heterocycles. The molecule has 112 valence electrons. The molecule has 4 amide bonds. The van der Waals surface area contributed by atoms with Crippen LogP contribution in [0.2, 0.25) is 0 Å². The number of imide groups is 2. The minimum absolute atomic E-state index is 0.0355. The fourth-order valence-electron chi connectivity index (χ4n) is 3.03. The third-order valence-corrected chi connectivity index (χ3v) is 4.27. The highest BCUT2D eigenvalue weighted by molar-refractivity contribution is 6.44. The molecule has 3 rings (SSSR count). The summed E-state index contributed by atoms with van der Waals surface area (Å²) in [5.74, 6) is -0.912. The van der Waals surface area contributed by atoms with Crippen LogP contribution in [0.5, 0.6) is 0 Å². The summed E-state index contributed by atoms with van der Waals surface area (Å²) in [4.78, 5) is 38.7. The molecule has 2 fully saturated rings. The summed E-state index contributed by atoms with van der Waals surface area (Å²) in [5.41, 5.74) is 1.30. The first-order valence-electron chi connectivity index (χ1n) is 7.11. The molecule has 0 radical (unpaired) electrons. The topological polar surface area (TPSA) is 83.7 Å². The summed E-state index contributed by atoms with van der Waals surface area (Å²) >= 11 is 0. The van der Waals surface area contributed by atoms with Gasteiger partial charge in [0.05, 0.1) is 12.2 Å². The Hall–Kier alpha value is -2.18. The van der Waals surface area contributed by atoms with Crippen molar-refractivity contribution in [3.05, 3.63) is 17.0 Å². The minimum atomic E-state index is -0.757. The molecular formula is C14H17N3O4. The van der Waals surface area contributed by atoms with Crippen LogP contribution in [0, 0.1) is 13.8 Å². The number of urea groups is 1. The summed E-state index contributed by atoms with van der Waals surface area (Å²) in [7, 11) is 0. The van der Waals surface area contributed by atoms with Crippen molar-refractivity contribution in [3.8, 4) is 0 Å². The van der Waals surface area contributed by atoms with Crippen LogP contribution < -0.4 is 0 Å². The van der Waals surface area contributed by atoms with Gasteiger partial charge in [-0.25, -0.2) is 4.79 Å². The van der Waals surface area contributed by atoms with E-state index in [0.717, 1.165) is 35.5 Å². The summed E-state index contributed by atoms with van der Waals surface area (Å²) in [6.07, 6.45) is 3.54. The van der Waals surface area contributed by atoms with Crippen molar-refractivity contribution in [1.82, 2.24) is 15.0 Å². The first-order chi connectivity index (χ1) is 10.0. The van der Waals surface area contributed by atoms with Gasteiger partial charge in [-0.1, -0.05) is 18.0 Å². The summed E-state index contributed by atoms with van der Waals surface area (Å²) in [6.45, 7) is 3.50. The smallest absolute Gasteiger partial charge is 0.334 e. The minimum Gasteiger partial charge on any atom is -0.361 e. The van der Waals surface area contributed by atoms with Crippen molar-refractivity contribution in [3.63, 3.8) is 0 Å². The fourth-order valence-corrected chi connectivity index (χ4v) is 3.03. The molecule has 1 aromatic heterocycles. The van der Waals surface area contributed by atoms with Crippen LogP contribution in [0.3, 0.4) is 0 Å². The molecule has 7 heteroatoms. The number of hydrogen-bond donors (Lipinski definition) is 0. The monoisotopic (exact) mass is 291 g/mol. The zero-order chi connectivity index (χ0) is 15.1. The second kappa shape index (κ2) is 4.98. The maximum absolute atomic E-state index is 12.4. The fraction of sp³-hybridized carbons (Fsp3) is 0.571. The van der Waals surface area contributed by atoms with E-state index < -0.39 is 17.8 Å². The summed E-state index contributed by atoms with van der Waals surface area (Å²) < 4.78 is 5.03. The molecule has 0 N–H and O–H groups in total. The zero-order valence-electron chi connectivity index (χ0n) is 12.1. The van der Waals surface area contributed by atoms with Gasteiger partial charge in [-0.15, -0.1) is 0 Å². The van der Waals surface area contributed by atoms with E-state index in [9.17, 15) is 14.4 Å². The Morgan fingerprint density at radius 3 is 2.38 bits per heavy atom. The van der Waals surface area contributed by atoms with Crippen LogP contribution >= 0.6 is 0 Å². The summed E-state index contributed by atoms with van der Waals surface area (Å²) in [5, 5.41) is 3.80. The summed E-state index contributed by atoms with van der Waals surface area (Å²) in [6, 6.07) is -0.652. The van der Waals surface area contributed by atoms with Crippen LogP contribution in [0.25, 0.3) is 0 Å². The Kier molecular flexibility index (Phi) is 3.27. The molecule has 1 aliphatic heterocycles. The number of amides is 4. The quantitative estimate of drug-likeness (QED) is 0.623. The largest absolute Gasteiger partial charge is 0.361 e. The standard InChI is InChI=1S/C14H17N3O4/c1-8-11(9(2)21-15-8)7-16-12(18)13(19)17(14(16)20)10-5-3-4-6-10/h10H,3-7H2,1-2H3. The van der Waals surface area contributed by atoms with Crippen molar-refractivity contribution in [2.45, 2.75) is 52.1 Å². The number of aromatic nitrogens is 1. The third-order valence-electron chi connectivity index (χ3n) is 4.27. The molecule has 0 bridgehead atoms. The third kappa shape index (κ3) is 2.12. The number of nitrogens with zero attached hydrogens (tertiary/aromatic N) is 3. The lowest BCUT2D eigenvalue weighted by Gasteiger charge is -2.21. The molecule has 0 spiro atoms. The van der Waals surface area contributed by atoms with Crippen LogP contribution in [-0.4, -0.2) is 38.8 Å². The Balaban J connectivity index is 1.85. The molecule has 0 aromatic carbocycles. The molecule has 2 heterocycles. The van der Waals surface area contributed by atoms with Gasteiger partial charge >= 0.3 is 17.8 Å². The lowest BCUT2D eigenvalue weighted by molar-refractivity contribution is -0.144. The number of aryl methyl sites for hydroxylation is 2. The van der Waals surface area contributed by atoms with E-state index in [2.05, 4.69) is 5.16 Å². The Labute approximate surface area is 121 Å². The van der Waals surface area contributed by atoms with Gasteiger partial charge in [0.2, 0.25) is 0 Å². The molecule has 21 heavy (non-hydrogen) atoms. The van der Waals surface area contributed by atoms with Gasteiger partial charge in [0, 0.05) is 11.6 Å². The predicted molar refractivity (Wildman–Crippen MR) is 71.0 cm³/mol. The molecule has 0 unspecified atom stereocenters. The average molecular weight is 291 g/mol. The first-order valence-corrected chi connectivity index (χ1v) is 7.11. The maximum Gasteiger partial charge on any atom is 0.334 e. The number of rotatable bonds is 3. The average Bonchev–Trinajstić information content (AvgIpc) is 3.12. The second-order valence-electron chi connectivity index (χ2n) is 5.59. The Bertz CT molecular complexity index is 596. The van der Waals surface area contributed by atoms with Crippen LogP contribution in [0.1, 0.15) is 42.7 Å². The molecular weight excluding hydrogens is 274 g/mol. The van der Waals surface area contributed by atoms with Gasteiger partial charge in [-0.05, 0) is 26.7 Å². The lowest BCUT2D eigenvalue weighted by atomic mass is 10.2. The van der Waals surface area contributed by atoms with Gasteiger partial charge in [-0.3, -0.25) is 19.4 Å². The van der Waals surface area contributed by atoms with Crippen molar-refractivity contribution in [2.75, 3.05) is 0 Å². The highest BCUT2D eigenvalue weighted by Crippen LogP contribution is 2.29. The molecule has 1 aromatic rings. The van der Waals surface area contributed by atoms with Gasteiger partial charge in [0.1, 0.15) is 5.76 Å². The Morgan fingerprint density at radius 1 is 1.14 bits per heavy atom. The van der Waals surface area contributed by atoms with Crippen molar-refractivity contribution in [1.29, 1.82) is 0 Å². The van der Waals surface area contributed by atoms with E-state index in [1.54, 1.807) is 13.8 Å². The van der Waals surface area contributed by atoms with Crippen molar-refractivity contribution < 1.29 is 18.9 Å². The highest BCUT2D eigenvalue weighted by Gasteiger charge is 2.48. The van der Waals surface area contributed by atoms with Gasteiger partial charge in [-0.2, -0.15) is 0 Å². The van der Waals surface area contributed by atoms with Crippen molar-refractivity contribution in [2.24, 2.45) is 0 Å².